The van der Waals surface area contributed by atoms with Crippen LogP contribution >= 0.6 is 0 Å². The molecule has 0 saturated carbocycles. The van der Waals surface area contributed by atoms with Gasteiger partial charge in [0.05, 0.1) is 112 Å². The molecule has 0 aliphatic rings. The number of benzene rings is 2. The Morgan fingerprint density at radius 1 is 0.510 bits per heavy atom. The second-order valence-electron chi connectivity index (χ2n) is 27.6. The third-order valence-electron chi connectivity index (χ3n) is 10.7. The van der Waals surface area contributed by atoms with Gasteiger partial charge in [-0.3, -0.25) is 14.6 Å². The molecular formula is C68H119N7O23+2. The molecule has 2 unspecified atom stereocenters. The Morgan fingerprint density at radius 2 is 0.939 bits per heavy atom. The standard InChI is InChI=1S/C20H34NO3.C18H25NO7.C15H31N2O6.C6H14O.C5H5N.2C2H5NO3/c1-19(2,3)23-17(15-21(6,7)8)14-18(22)20(4,5)24-16-12-10-9-11-13-16;1-18(2,3)26-16-13-14(7-9-15(16)23-4)8-10-17(20)24-11-5-6-12-25-19(21)22;1-15(2,3)23-13(12-17(4,5)6)11-14(18)21-9-7-8-10-22-16(19)20;1-5-7-6(2,3)4;1-2-4-6-5-3-1;2*1-2-6-3(4)5/h9-13,17H,14-15H2,1-8H3;7-10,13H,5-6,11-12H2,1-4H3;13H,7-12H2,1-6H3;5H2,1-4H3;1-5H;2*2H2,1H3/q+1;;+1;;;;/b;10-8+;;;;;. The van der Waals surface area contributed by atoms with Gasteiger partial charge in [0.1, 0.15) is 36.6 Å². The summed E-state index contributed by atoms with van der Waals surface area (Å²) >= 11 is 0. The van der Waals surface area contributed by atoms with E-state index in [2.05, 4.69) is 66.2 Å². The molecule has 0 radical (unpaired) electrons. The maximum atomic E-state index is 12.8. The first kappa shape index (κ1) is 96.3. The lowest BCUT2D eigenvalue weighted by atomic mass is 9.97. The van der Waals surface area contributed by atoms with E-state index in [4.69, 9.17) is 37.9 Å². The van der Waals surface area contributed by atoms with Gasteiger partial charge >= 0.3 is 11.9 Å². The average Bonchev–Trinajstić information content (AvgIpc) is 0.852. The summed E-state index contributed by atoms with van der Waals surface area (Å²) in [6.45, 7) is 35.6. The second kappa shape index (κ2) is 51.2. The van der Waals surface area contributed by atoms with Crippen molar-refractivity contribution in [1.29, 1.82) is 0 Å². The van der Waals surface area contributed by atoms with E-state index in [-0.39, 0.29) is 92.4 Å². The number of quaternary nitrogens is 2. The van der Waals surface area contributed by atoms with Crippen molar-refractivity contribution in [3.05, 3.63) is 131 Å². The highest BCUT2D eigenvalue weighted by Crippen LogP contribution is 2.32. The summed E-state index contributed by atoms with van der Waals surface area (Å²) in [6.07, 6.45) is 8.52. The summed E-state index contributed by atoms with van der Waals surface area (Å²) in [7, 11) is 14.0. The van der Waals surface area contributed by atoms with Crippen LogP contribution in [-0.4, -0.2) is 201 Å². The van der Waals surface area contributed by atoms with Gasteiger partial charge in [-0.2, -0.15) is 0 Å². The number of esters is 2. The van der Waals surface area contributed by atoms with Crippen LogP contribution in [0.5, 0.6) is 17.2 Å². The normalized spacial score (nSPS) is 11.9. The lowest BCUT2D eigenvalue weighted by molar-refractivity contribution is -0.873. The van der Waals surface area contributed by atoms with Gasteiger partial charge in [0.25, 0.3) is 20.3 Å². The molecule has 0 aliphatic carbocycles. The van der Waals surface area contributed by atoms with Gasteiger partial charge in [0.15, 0.2) is 22.9 Å². The van der Waals surface area contributed by atoms with Gasteiger partial charge in [-0.15, -0.1) is 40.5 Å². The van der Waals surface area contributed by atoms with Crippen molar-refractivity contribution in [2.45, 2.75) is 196 Å². The van der Waals surface area contributed by atoms with Crippen LogP contribution in [0.15, 0.2) is 85.2 Å². The van der Waals surface area contributed by atoms with E-state index in [9.17, 15) is 54.8 Å². The Hall–Kier alpha value is -8.06. The number of Topliss-reactive ketones (excluding diaryl/α,β-unsaturated/α-hetero) is 1. The summed E-state index contributed by atoms with van der Waals surface area (Å²) in [5, 5.41) is 35.0. The van der Waals surface area contributed by atoms with Crippen molar-refractivity contribution in [3.8, 4) is 17.2 Å². The lowest BCUT2D eigenvalue weighted by Crippen LogP contribution is -2.48. The van der Waals surface area contributed by atoms with Gasteiger partial charge in [0, 0.05) is 31.5 Å². The highest BCUT2D eigenvalue weighted by molar-refractivity contribution is 5.87. The van der Waals surface area contributed by atoms with E-state index in [1.165, 1.54) is 6.08 Å². The zero-order valence-electron chi connectivity index (χ0n) is 62.9. The number of rotatable bonds is 34. The minimum Gasteiger partial charge on any atom is -0.493 e. The van der Waals surface area contributed by atoms with Crippen molar-refractivity contribution in [2.24, 2.45) is 0 Å². The van der Waals surface area contributed by atoms with Crippen LogP contribution in [0.4, 0.5) is 0 Å². The fraction of sp³-hybridized carbons (Fsp3) is 0.676. The third-order valence-corrected chi connectivity index (χ3v) is 10.7. The molecule has 2 aromatic carbocycles. The molecule has 3 aromatic rings. The van der Waals surface area contributed by atoms with Crippen molar-refractivity contribution in [1.82, 2.24) is 4.98 Å². The number of unbranched alkanes of at least 4 members (excludes halogenated alkanes) is 2. The first-order valence-corrected chi connectivity index (χ1v) is 32.2. The van der Waals surface area contributed by atoms with E-state index < -0.39 is 31.9 Å². The molecule has 0 spiro atoms. The number of methoxy groups -OCH3 is 1. The number of likely N-dealkylation sites (N-methyl/N-ethyl adjacent to an activating group) is 2. The number of nitrogens with zero attached hydrogens (tertiary/aromatic N) is 7. The Labute approximate surface area is 581 Å². The molecule has 1 aromatic heterocycles. The number of hydrogen-bond acceptors (Lipinski definition) is 24. The van der Waals surface area contributed by atoms with Crippen LogP contribution in [-0.2, 0) is 57.4 Å². The number of para-hydroxylation sites is 1. The maximum Gasteiger partial charge on any atom is 0.330 e. The van der Waals surface area contributed by atoms with Crippen LogP contribution in [0.2, 0.25) is 0 Å². The molecule has 0 amide bonds. The quantitative estimate of drug-likeness (QED) is 0.0134. The van der Waals surface area contributed by atoms with Gasteiger partial charge in [0.2, 0.25) is 0 Å². The minimum absolute atomic E-state index is 0.0111. The summed E-state index contributed by atoms with van der Waals surface area (Å²) in [5.41, 5.74) is -1.07. The number of carbonyl (C=O) groups excluding carboxylic acids is 3. The summed E-state index contributed by atoms with van der Waals surface area (Å²) in [5.74, 6) is 1.14. The Balaban J connectivity index is -0.000000573. The minimum atomic E-state index is -0.883. The van der Waals surface area contributed by atoms with Crippen LogP contribution < -0.4 is 14.2 Å². The van der Waals surface area contributed by atoms with E-state index in [1.54, 1.807) is 57.6 Å². The highest BCUT2D eigenvalue weighted by atomic mass is 17.0. The van der Waals surface area contributed by atoms with Crippen LogP contribution in [0.3, 0.4) is 0 Å². The predicted molar refractivity (Wildman–Crippen MR) is 372 cm³/mol. The SMILES string of the molecule is CC(C)(C)OC(CC(=O)C(C)(C)Oc1ccccc1)C[N+](C)(C)C.CC(C)(C)OC(CC(=O)OCCCCO[N+](=O)[O-])C[N+](C)(C)C.CCOC(C)(C)C.CCO[N+](=O)[O-].CCO[N+](=O)[O-].COc1ccc(/C=C/C(=O)OCCCCO[N+](=O)[O-])cc1OC(C)(C)C.c1ccncc1. The monoisotopic (exact) mass is 1400 g/mol. The summed E-state index contributed by atoms with van der Waals surface area (Å²) in [4.78, 5) is 94.4. The topological polar surface area (TPSA) is 347 Å². The largest absolute Gasteiger partial charge is 0.493 e. The summed E-state index contributed by atoms with van der Waals surface area (Å²) in [6, 6.07) is 20.5. The first-order valence-electron chi connectivity index (χ1n) is 32.2. The van der Waals surface area contributed by atoms with E-state index in [1.807, 2.05) is 153 Å². The van der Waals surface area contributed by atoms with Gasteiger partial charge in [-0.1, -0.05) is 30.3 Å². The maximum absolute atomic E-state index is 12.8. The molecule has 0 bridgehead atoms. The first-order chi connectivity index (χ1) is 45.0. The molecule has 0 N–H and O–H groups in total. The third kappa shape index (κ3) is 69.3. The molecule has 562 valence electrons. The smallest absolute Gasteiger partial charge is 0.330 e. The van der Waals surface area contributed by atoms with Crippen LogP contribution in [0, 0.1) is 40.5 Å². The predicted octanol–water partition coefficient (Wildman–Crippen LogP) is 12.2. The number of hydrogen-bond donors (Lipinski definition) is 0. The van der Waals surface area contributed by atoms with Crippen molar-refractivity contribution < 1.29 is 101 Å². The Kier molecular flexibility index (Phi) is 50.3. The second-order valence-corrected chi connectivity index (χ2v) is 27.6. The molecule has 0 fully saturated rings. The summed E-state index contributed by atoms with van der Waals surface area (Å²) < 4.78 is 46.0. The van der Waals surface area contributed by atoms with Gasteiger partial charge < -0.3 is 66.2 Å². The van der Waals surface area contributed by atoms with Crippen LogP contribution in [0.25, 0.3) is 6.08 Å². The fourth-order valence-electron chi connectivity index (χ4n) is 7.47. The van der Waals surface area contributed by atoms with E-state index in [0.29, 0.717) is 60.4 Å². The molecule has 30 nitrogen and oxygen atoms in total. The number of aromatic nitrogens is 1. The molecule has 2 atom stereocenters. The zero-order chi connectivity index (χ0) is 76.4. The zero-order valence-corrected chi connectivity index (χ0v) is 62.9. The molecule has 0 saturated heterocycles. The van der Waals surface area contributed by atoms with Crippen molar-refractivity contribution >= 4 is 23.8 Å². The molecular weight excluding hydrogens is 1280 g/mol. The van der Waals surface area contributed by atoms with E-state index >= 15 is 0 Å². The molecule has 3 rings (SSSR count). The lowest BCUT2D eigenvalue weighted by Gasteiger charge is -2.34. The number of ketones is 1. The van der Waals surface area contributed by atoms with Crippen LogP contribution in [0.1, 0.15) is 162 Å². The van der Waals surface area contributed by atoms with Crippen molar-refractivity contribution in [2.75, 3.05) is 109 Å². The average molecular weight is 1400 g/mol. The Bertz CT molecular complexity index is 2590. The van der Waals surface area contributed by atoms with Gasteiger partial charge in [-0.05, 0) is 191 Å². The molecule has 0 aliphatic heterocycles. The highest BCUT2D eigenvalue weighted by Gasteiger charge is 2.35. The molecule has 98 heavy (non-hydrogen) atoms. The number of pyridine rings is 1. The number of carbonyl (C=O) groups is 3. The molecule has 1 heterocycles. The Morgan fingerprint density at radius 3 is 1.28 bits per heavy atom. The molecule has 30 heteroatoms. The fourth-order valence-corrected chi connectivity index (χ4v) is 7.47. The van der Waals surface area contributed by atoms with E-state index in [0.717, 1.165) is 23.2 Å². The number of ether oxygens (including phenoxy) is 8. The van der Waals surface area contributed by atoms with Crippen molar-refractivity contribution in [3.63, 3.8) is 0 Å². The van der Waals surface area contributed by atoms with Gasteiger partial charge in [-0.25, -0.2) is 4.79 Å².